The lowest BCUT2D eigenvalue weighted by atomic mass is 10.1. The molecule has 7 nitrogen and oxygen atoms in total. The predicted octanol–water partition coefficient (Wildman–Crippen LogP) is 4.06. The summed E-state index contributed by atoms with van der Waals surface area (Å²) < 4.78 is 2.94. The number of amides is 1. The van der Waals surface area contributed by atoms with Gasteiger partial charge in [0.2, 0.25) is 5.91 Å². The summed E-state index contributed by atoms with van der Waals surface area (Å²) in [6.07, 6.45) is 2.79. The summed E-state index contributed by atoms with van der Waals surface area (Å²) in [7, 11) is 0. The molecule has 5 rings (SSSR count). The van der Waals surface area contributed by atoms with E-state index in [1.807, 2.05) is 61.7 Å². The monoisotopic (exact) mass is 494 g/mol. The number of aryl methyl sites for hydroxylation is 3. The van der Waals surface area contributed by atoms with Gasteiger partial charge in [0.05, 0.1) is 17.6 Å². The van der Waals surface area contributed by atoms with Crippen LogP contribution >= 0.6 is 0 Å². The summed E-state index contributed by atoms with van der Waals surface area (Å²) in [6, 6.07) is 21.5. The second-order valence-corrected chi connectivity index (χ2v) is 9.54. The van der Waals surface area contributed by atoms with Crippen LogP contribution < -0.4 is 16.4 Å². The lowest BCUT2D eigenvalue weighted by Gasteiger charge is -2.15. The van der Waals surface area contributed by atoms with Crippen molar-refractivity contribution in [3.63, 3.8) is 0 Å². The molecule has 2 heterocycles. The Morgan fingerprint density at radius 1 is 0.865 bits per heavy atom. The number of aromatic nitrogens is 3. The van der Waals surface area contributed by atoms with Gasteiger partial charge >= 0.3 is 11.1 Å². The summed E-state index contributed by atoms with van der Waals surface area (Å²) in [5, 5.41) is 4.11. The van der Waals surface area contributed by atoms with E-state index in [4.69, 9.17) is 0 Å². The second kappa shape index (κ2) is 10.3. The smallest absolute Gasteiger partial charge is 0.317 e. The van der Waals surface area contributed by atoms with Gasteiger partial charge in [0.1, 0.15) is 0 Å². The minimum Gasteiger partial charge on any atom is -0.361 e. The van der Waals surface area contributed by atoms with E-state index in [9.17, 15) is 14.4 Å². The number of nitrogens with zero attached hydrogens (tertiary/aromatic N) is 2. The first-order chi connectivity index (χ1) is 17.9. The largest absolute Gasteiger partial charge is 0.361 e. The van der Waals surface area contributed by atoms with Gasteiger partial charge in [0.15, 0.2) is 0 Å². The molecule has 0 saturated carbocycles. The van der Waals surface area contributed by atoms with Gasteiger partial charge in [-0.3, -0.25) is 19.0 Å². The van der Waals surface area contributed by atoms with E-state index < -0.39 is 11.1 Å². The van der Waals surface area contributed by atoms with Crippen molar-refractivity contribution in [3.8, 4) is 0 Å². The number of carbonyl (C=O) groups is 1. The number of hydrogen-bond acceptors (Lipinski definition) is 3. The summed E-state index contributed by atoms with van der Waals surface area (Å²) >= 11 is 0. The van der Waals surface area contributed by atoms with Gasteiger partial charge < -0.3 is 14.9 Å². The van der Waals surface area contributed by atoms with E-state index in [2.05, 4.69) is 35.4 Å². The van der Waals surface area contributed by atoms with Crippen LogP contribution in [0.3, 0.4) is 0 Å². The molecule has 0 fully saturated rings. The summed E-state index contributed by atoms with van der Waals surface area (Å²) in [5.41, 5.74) is 5.60. The Balaban J connectivity index is 1.29. The molecule has 188 valence electrons. The zero-order chi connectivity index (χ0) is 25.9. The molecule has 0 aliphatic carbocycles. The van der Waals surface area contributed by atoms with Gasteiger partial charge in [0, 0.05) is 36.6 Å². The Morgan fingerprint density at radius 3 is 2.30 bits per heavy atom. The number of rotatable bonds is 8. The molecule has 3 aromatic carbocycles. The minimum atomic E-state index is -0.618. The van der Waals surface area contributed by atoms with Crippen molar-refractivity contribution in [1.82, 2.24) is 19.4 Å². The van der Waals surface area contributed by atoms with Crippen LogP contribution in [0, 0.1) is 13.8 Å². The van der Waals surface area contributed by atoms with Crippen molar-refractivity contribution >= 4 is 27.8 Å². The molecule has 1 amide bonds. The maximum atomic E-state index is 13.1. The zero-order valence-electron chi connectivity index (χ0n) is 21.1. The van der Waals surface area contributed by atoms with E-state index in [-0.39, 0.29) is 18.9 Å². The van der Waals surface area contributed by atoms with E-state index in [1.54, 1.807) is 0 Å². The Hall–Kier alpha value is -4.39. The van der Waals surface area contributed by atoms with Gasteiger partial charge in [-0.25, -0.2) is 0 Å². The lowest BCUT2D eigenvalue weighted by Crippen LogP contribution is -2.42. The first kappa shape index (κ1) is 24.3. The number of aromatic amines is 1. The van der Waals surface area contributed by atoms with Crippen molar-refractivity contribution < 1.29 is 4.79 Å². The van der Waals surface area contributed by atoms with Crippen LogP contribution in [0.4, 0.5) is 0 Å². The highest BCUT2D eigenvalue weighted by Crippen LogP contribution is 2.20. The number of nitrogens with one attached hydrogen (secondary N) is 2. The molecule has 0 aliphatic rings. The van der Waals surface area contributed by atoms with Gasteiger partial charge in [-0.05, 0) is 55.7 Å². The molecular weight excluding hydrogens is 464 g/mol. The highest BCUT2D eigenvalue weighted by atomic mass is 16.2. The summed E-state index contributed by atoms with van der Waals surface area (Å²) in [5.74, 6) is -0.157. The second-order valence-electron chi connectivity index (χ2n) is 9.54. The normalized spacial score (nSPS) is 11.3. The molecule has 0 atom stereocenters. The lowest BCUT2D eigenvalue weighted by molar-refractivity contribution is -0.121. The molecule has 2 N–H and O–H groups in total. The van der Waals surface area contributed by atoms with Crippen LogP contribution in [0.15, 0.2) is 82.5 Å². The van der Waals surface area contributed by atoms with Crippen LogP contribution in [-0.2, 0) is 24.3 Å². The van der Waals surface area contributed by atoms with Crippen LogP contribution in [0.25, 0.3) is 21.9 Å². The third kappa shape index (κ3) is 5.11. The molecule has 2 aromatic heterocycles. The molecule has 0 unspecified atom stereocenters. The molecule has 7 heteroatoms. The van der Waals surface area contributed by atoms with Crippen molar-refractivity contribution in [2.45, 2.75) is 39.8 Å². The minimum absolute atomic E-state index is 0.109. The average Bonchev–Trinajstić information content (AvgIpc) is 3.29. The molecule has 0 saturated heterocycles. The fraction of sp³-hybridized carbons (Fsp3) is 0.233. The Labute approximate surface area is 214 Å². The van der Waals surface area contributed by atoms with Crippen LogP contribution in [0.5, 0.6) is 0 Å². The number of H-pyrrole nitrogens is 1. The van der Waals surface area contributed by atoms with Crippen LogP contribution in [0.1, 0.15) is 28.7 Å². The van der Waals surface area contributed by atoms with Gasteiger partial charge in [-0.15, -0.1) is 0 Å². The fourth-order valence-electron chi connectivity index (χ4n) is 4.76. The van der Waals surface area contributed by atoms with Gasteiger partial charge in [0.25, 0.3) is 0 Å². The Bertz CT molecular complexity index is 1710. The molecule has 0 spiro atoms. The predicted molar refractivity (Wildman–Crippen MR) is 147 cm³/mol. The van der Waals surface area contributed by atoms with Crippen molar-refractivity contribution in [2.75, 3.05) is 6.54 Å². The maximum absolute atomic E-state index is 13.1. The summed E-state index contributed by atoms with van der Waals surface area (Å²) in [6.45, 7) is 5.01. The topological polar surface area (TPSA) is 88.9 Å². The van der Waals surface area contributed by atoms with E-state index >= 15 is 0 Å². The van der Waals surface area contributed by atoms with Gasteiger partial charge in [-0.2, -0.15) is 0 Å². The molecule has 0 bridgehead atoms. The van der Waals surface area contributed by atoms with Gasteiger partial charge in [-0.1, -0.05) is 53.6 Å². The Kier molecular flexibility index (Phi) is 6.77. The van der Waals surface area contributed by atoms with Crippen molar-refractivity contribution in [2.24, 2.45) is 0 Å². The highest BCUT2D eigenvalue weighted by Gasteiger charge is 2.14. The van der Waals surface area contributed by atoms with E-state index in [0.29, 0.717) is 30.5 Å². The third-order valence-corrected chi connectivity index (χ3v) is 6.80. The van der Waals surface area contributed by atoms with Crippen molar-refractivity contribution in [1.29, 1.82) is 0 Å². The number of benzene rings is 3. The van der Waals surface area contributed by atoms with Crippen LogP contribution in [0.2, 0.25) is 0 Å². The first-order valence-corrected chi connectivity index (χ1v) is 12.5. The SMILES string of the molecule is Cc1ccc(Cn2c(=O)c(=O)n(CCC(=O)NCCc3c[nH]c4ccc(C)cc34)c3ccccc32)cc1. The molecular formula is C30H30N4O3. The molecule has 37 heavy (non-hydrogen) atoms. The fourth-order valence-corrected chi connectivity index (χ4v) is 4.76. The standard InChI is InChI=1S/C30H30N4O3/c1-20-7-10-22(11-8-20)19-34-27-6-4-3-5-26(27)33(29(36)30(34)37)16-14-28(35)31-15-13-23-18-32-25-12-9-21(2)17-24(23)25/h3-12,17-18,32H,13-16,19H2,1-2H3,(H,31,35). The molecule has 5 aromatic rings. The average molecular weight is 495 g/mol. The van der Waals surface area contributed by atoms with E-state index in [1.165, 1.54) is 20.1 Å². The zero-order valence-corrected chi connectivity index (χ0v) is 21.1. The number of fused-ring (bicyclic) bond motifs is 2. The maximum Gasteiger partial charge on any atom is 0.317 e. The van der Waals surface area contributed by atoms with E-state index in [0.717, 1.165) is 22.2 Å². The molecule has 0 radical (unpaired) electrons. The van der Waals surface area contributed by atoms with Crippen molar-refractivity contribution in [3.05, 3.63) is 116 Å². The highest BCUT2D eigenvalue weighted by molar-refractivity contribution is 5.84. The number of carbonyl (C=O) groups excluding carboxylic acids is 1. The quantitative estimate of drug-likeness (QED) is 0.319. The number of hydrogen-bond donors (Lipinski definition) is 2. The number of para-hydroxylation sites is 2. The Morgan fingerprint density at radius 2 is 1.54 bits per heavy atom. The summed E-state index contributed by atoms with van der Waals surface area (Å²) in [4.78, 5) is 42.0. The van der Waals surface area contributed by atoms with Crippen LogP contribution in [-0.4, -0.2) is 26.6 Å². The third-order valence-electron chi connectivity index (χ3n) is 6.80. The first-order valence-electron chi connectivity index (χ1n) is 12.5. The molecule has 0 aliphatic heterocycles.